The van der Waals surface area contributed by atoms with Crippen molar-refractivity contribution in [2.45, 2.75) is 52.2 Å². The van der Waals surface area contributed by atoms with E-state index in [1.807, 2.05) is 0 Å². The van der Waals surface area contributed by atoms with Gasteiger partial charge in [-0.1, -0.05) is 6.08 Å². The summed E-state index contributed by atoms with van der Waals surface area (Å²) in [5.41, 5.74) is -0.610. The minimum Gasteiger partial charge on any atom is -0.469 e. The standard InChI is InChI=1S/C14H23NO5/c1-10(16)6-7-11(8-9-12(17)19-5)15-13(18)20-14(2,3)4/h6-7,11H,8-9H2,1-5H3,(H,15,18)/b7-6+/t11-/m1/s1. The highest BCUT2D eigenvalue weighted by Crippen LogP contribution is 2.08. The van der Waals surface area contributed by atoms with Crippen LogP contribution in [0.4, 0.5) is 4.79 Å². The molecule has 0 spiro atoms. The molecule has 1 amide bonds. The number of nitrogens with one attached hydrogen (secondary N) is 1. The number of hydrogen-bond acceptors (Lipinski definition) is 5. The lowest BCUT2D eigenvalue weighted by Crippen LogP contribution is -2.38. The Labute approximate surface area is 119 Å². The van der Waals surface area contributed by atoms with Crippen LogP contribution in [0.1, 0.15) is 40.5 Å². The number of carbonyl (C=O) groups is 3. The Morgan fingerprint density at radius 2 is 1.85 bits per heavy atom. The quantitative estimate of drug-likeness (QED) is 0.596. The Morgan fingerprint density at radius 3 is 2.30 bits per heavy atom. The number of methoxy groups -OCH3 is 1. The number of rotatable bonds is 6. The molecule has 1 N–H and O–H groups in total. The molecule has 114 valence electrons. The molecule has 0 rings (SSSR count). The van der Waals surface area contributed by atoms with E-state index in [4.69, 9.17) is 4.74 Å². The van der Waals surface area contributed by atoms with E-state index < -0.39 is 17.7 Å². The molecular formula is C14H23NO5. The maximum absolute atomic E-state index is 11.7. The first kappa shape index (κ1) is 18.1. The largest absolute Gasteiger partial charge is 0.469 e. The number of carbonyl (C=O) groups excluding carboxylic acids is 3. The molecule has 1 atom stereocenters. The molecule has 6 nitrogen and oxygen atoms in total. The Bertz CT molecular complexity index is 382. The molecule has 0 aromatic rings. The molecule has 0 aromatic heterocycles. The summed E-state index contributed by atoms with van der Waals surface area (Å²) in [4.78, 5) is 33.7. The number of esters is 1. The first-order valence-electron chi connectivity index (χ1n) is 6.39. The molecule has 0 radical (unpaired) electrons. The van der Waals surface area contributed by atoms with Gasteiger partial charge in [-0.3, -0.25) is 9.59 Å². The molecule has 0 saturated heterocycles. The monoisotopic (exact) mass is 285 g/mol. The van der Waals surface area contributed by atoms with Crippen molar-refractivity contribution in [1.82, 2.24) is 5.32 Å². The molecule has 0 aromatic carbocycles. The first-order chi connectivity index (χ1) is 9.14. The third kappa shape index (κ3) is 10.1. The van der Waals surface area contributed by atoms with Crippen molar-refractivity contribution in [3.63, 3.8) is 0 Å². The van der Waals surface area contributed by atoms with Crippen molar-refractivity contribution in [2.24, 2.45) is 0 Å². The van der Waals surface area contributed by atoms with Gasteiger partial charge in [-0.25, -0.2) is 4.79 Å². The van der Waals surface area contributed by atoms with Gasteiger partial charge in [0.2, 0.25) is 0 Å². The zero-order chi connectivity index (χ0) is 15.8. The fraction of sp³-hybridized carbons (Fsp3) is 0.643. The maximum Gasteiger partial charge on any atom is 0.408 e. The van der Waals surface area contributed by atoms with Gasteiger partial charge in [0.25, 0.3) is 0 Å². The maximum atomic E-state index is 11.7. The molecule has 0 bridgehead atoms. The Kier molecular flexibility index (Phi) is 7.57. The number of allylic oxidation sites excluding steroid dienone is 1. The molecule has 0 unspecified atom stereocenters. The van der Waals surface area contributed by atoms with Gasteiger partial charge in [0.05, 0.1) is 13.2 Å². The SMILES string of the molecule is COC(=O)CC[C@@H](/C=C/C(C)=O)NC(=O)OC(C)(C)C. The van der Waals surface area contributed by atoms with Gasteiger partial charge in [0.1, 0.15) is 5.60 Å². The molecular weight excluding hydrogens is 262 g/mol. The van der Waals surface area contributed by atoms with Crippen LogP contribution in [0.5, 0.6) is 0 Å². The average molecular weight is 285 g/mol. The van der Waals surface area contributed by atoms with Gasteiger partial charge < -0.3 is 14.8 Å². The fourth-order valence-corrected chi connectivity index (χ4v) is 1.30. The highest BCUT2D eigenvalue weighted by molar-refractivity contribution is 5.87. The van der Waals surface area contributed by atoms with E-state index in [1.54, 1.807) is 20.8 Å². The Balaban J connectivity index is 4.56. The molecule has 20 heavy (non-hydrogen) atoms. The van der Waals surface area contributed by atoms with Crippen LogP contribution in [0.15, 0.2) is 12.2 Å². The number of ether oxygens (including phenoxy) is 2. The highest BCUT2D eigenvalue weighted by atomic mass is 16.6. The van der Waals surface area contributed by atoms with E-state index in [2.05, 4.69) is 10.1 Å². The zero-order valence-electron chi connectivity index (χ0n) is 12.7. The van der Waals surface area contributed by atoms with Crippen molar-refractivity contribution >= 4 is 17.8 Å². The Hall–Kier alpha value is -1.85. The second-order valence-electron chi connectivity index (χ2n) is 5.34. The number of amides is 1. The molecule has 0 fully saturated rings. The van der Waals surface area contributed by atoms with Crippen LogP contribution in [0.25, 0.3) is 0 Å². The number of ketones is 1. The first-order valence-corrected chi connectivity index (χ1v) is 6.39. The van der Waals surface area contributed by atoms with Crippen molar-refractivity contribution in [1.29, 1.82) is 0 Å². The van der Waals surface area contributed by atoms with Crippen LogP contribution < -0.4 is 5.32 Å². The lowest BCUT2D eigenvalue weighted by molar-refractivity contribution is -0.140. The minimum atomic E-state index is -0.610. The minimum absolute atomic E-state index is 0.138. The van der Waals surface area contributed by atoms with E-state index in [1.165, 1.54) is 26.2 Å². The smallest absolute Gasteiger partial charge is 0.408 e. The van der Waals surface area contributed by atoms with E-state index in [-0.39, 0.29) is 18.2 Å². The Morgan fingerprint density at radius 1 is 1.25 bits per heavy atom. The lowest BCUT2D eigenvalue weighted by Gasteiger charge is -2.22. The highest BCUT2D eigenvalue weighted by Gasteiger charge is 2.19. The molecule has 0 aliphatic carbocycles. The van der Waals surface area contributed by atoms with Crippen LogP contribution in [-0.4, -0.2) is 36.6 Å². The summed E-state index contributed by atoms with van der Waals surface area (Å²) in [5, 5.41) is 2.60. The predicted octanol–water partition coefficient (Wildman–Crippen LogP) is 1.98. The van der Waals surface area contributed by atoms with Gasteiger partial charge in [-0.05, 0) is 40.2 Å². The van der Waals surface area contributed by atoms with Gasteiger partial charge in [0.15, 0.2) is 5.78 Å². The van der Waals surface area contributed by atoms with Crippen molar-refractivity contribution < 1.29 is 23.9 Å². The number of hydrogen-bond donors (Lipinski definition) is 1. The van der Waals surface area contributed by atoms with E-state index in [9.17, 15) is 14.4 Å². The molecule has 0 aliphatic rings. The van der Waals surface area contributed by atoms with Crippen LogP contribution in [0, 0.1) is 0 Å². The fourth-order valence-electron chi connectivity index (χ4n) is 1.30. The number of alkyl carbamates (subject to hydrolysis) is 1. The summed E-state index contributed by atoms with van der Waals surface area (Å²) >= 11 is 0. The van der Waals surface area contributed by atoms with Gasteiger partial charge in [-0.2, -0.15) is 0 Å². The summed E-state index contributed by atoms with van der Waals surface area (Å²) in [7, 11) is 1.30. The van der Waals surface area contributed by atoms with Crippen molar-refractivity contribution in [3.05, 3.63) is 12.2 Å². The van der Waals surface area contributed by atoms with E-state index in [0.717, 1.165) is 0 Å². The third-order valence-corrected chi connectivity index (χ3v) is 2.15. The van der Waals surface area contributed by atoms with Gasteiger partial charge in [-0.15, -0.1) is 0 Å². The van der Waals surface area contributed by atoms with E-state index >= 15 is 0 Å². The molecule has 0 aliphatic heterocycles. The summed E-state index contributed by atoms with van der Waals surface area (Å²) in [6, 6.07) is -0.465. The van der Waals surface area contributed by atoms with Crippen LogP contribution in [0.3, 0.4) is 0 Å². The van der Waals surface area contributed by atoms with Gasteiger partial charge in [0, 0.05) is 6.42 Å². The summed E-state index contributed by atoms with van der Waals surface area (Å²) in [6.07, 6.45) is 2.75. The molecule has 6 heteroatoms. The van der Waals surface area contributed by atoms with Gasteiger partial charge >= 0.3 is 12.1 Å². The topological polar surface area (TPSA) is 81.7 Å². The van der Waals surface area contributed by atoms with Crippen molar-refractivity contribution in [2.75, 3.05) is 7.11 Å². The molecule has 0 saturated carbocycles. The second kappa shape index (κ2) is 8.35. The third-order valence-electron chi connectivity index (χ3n) is 2.15. The van der Waals surface area contributed by atoms with Crippen LogP contribution in [0.2, 0.25) is 0 Å². The average Bonchev–Trinajstić information content (AvgIpc) is 2.29. The summed E-state index contributed by atoms with van der Waals surface area (Å²) in [6.45, 7) is 6.66. The normalized spacial score (nSPS) is 12.8. The van der Waals surface area contributed by atoms with Crippen molar-refractivity contribution in [3.8, 4) is 0 Å². The van der Waals surface area contributed by atoms with Crippen LogP contribution in [-0.2, 0) is 19.1 Å². The van der Waals surface area contributed by atoms with Crippen LogP contribution >= 0.6 is 0 Å². The molecule has 0 heterocycles. The zero-order valence-corrected chi connectivity index (χ0v) is 12.7. The predicted molar refractivity (Wildman–Crippen MR) is 74.2 cm³/mol. The van der Waals surface area contributed by atoms with E-state index in [0.29, 0.717) is 6.42 Å². The second-order valence-corrected chi connectivity index (χ2v) is 5.34. The summed E-state index contributed by atoms with van der Waals surface area (Å²) in [5.74, 6) is -0.517. The summed E-state index contributed by atoms with van der Waals surface area (Å²) < 4.78 is 9.66. The lowest BCUT2D eigenvalue weighted by atomic mass is 10.1.